The van der Waals surface area contributed by atoms with Crippen LogP contribution in [0.25, 0.3) is 0 Å². The van der Waals surface area contributed by atoms with Crippen molar-refractivity contribution in [3.63, 3.8) is 0 Å². The van der Waals surface area contributed by atoms with Gasteiger partial charge in [0.15, 0.2) is 0 Å². The molecule has 0 N–H and O–H groups in total. The summed E-state index contributed by atoms with van der Waals surface area (Å²) in [5.74, 6) is 1.65. The van der Waals surface area contributed by atoms with Crippen molar-refractivity contribution in [3.05, 3.63) is 27.3 Å². The summed E-state index contributed by atoms with van der Waals surface area (Å²) < 4.78 is 7.06. The molecule has 0 aliphatic heterocycles. The third-order valence-electron chi connectivity index (χ3n) is 2.44. The molecule has 1 fully saturated rings. The second-order valence-electron chi connectivity index (χ2n) is 4.16. The summed E-state index contributed by atoms with van der Waals surface area (Å²) in [7, 11) is 0. The first-order chi connectivity index (χ1) is 6.66. The van der Waals surface area contributed by atoms with Gasteiger partial charge in [0.05, 0.1) is 9.67 Å². The zero-order chi connectivity index (χ0) is 10.1. The van der Waals surface area contributed by atoms with Crippen LogP contribution >= 0.6 is 22.6 Å². The Morgan fingerprint density at radius 3 is 2.64 bits per heavy atom. The van der Waals surface area contributed by atoms with Gasteiger partial charge >= 0.3 is 0 Å². The van der Waals surface area contributed by atoms with Gasteiger partial charge in [0.2, 0.25) is 0 Å². The van der Waals surface area contributed by atoms with Gasteiger partial charge in [-0.1, -0.05) is 19.9 Å². The van der Waals surface area contributed by atoms with E-state index in [-0.39, 0.29) is 0 Å². The summed E-state index contributed by atoms with van der Waals surface area (Å²) in [6.45, 7) is 4.42. The van der Waals surface area contributed by atoms with E-state index >= 15 is 0 Å². The van der Waals surface area contributed by atoms with Gasteiger partial charge in [-0.25, -0.2) is 0 Å². The average molecular weight is 302 g/mol. The minimum absolute atomic E-state index is 0.492. The molecule has 1 saturated carbocycles. The van der Waals surface area contributed by atoms with Crippen LogP contribution in [0.2, 0.25) is 0 Å². The van der Waals surface area contributed by atoms with Crippen LogP contribution in [0.1, 0.15) is 38.2 Å². The lowest BCUT2D eigenvalue weighted by molar-refractivity contribution is 0.300. The lowest BCUT2D eigenvalue weighted by Crippen LogP contribution is -1.99. The topological polar surface area (TPSA) is 9.23 Å². The van der Waals surface area contributed by atoms with Gasteiger partial charge in [-0.05, 0) is 59.0 Å². The van der Waals surface area contributed by atoms with E-state index in [1.54, 1.807) is 0 Å². The maximum atomic E-state index is 5.84. The van der Waals surface area contributed by atoms with Crippen LogP contribution in [0.4, 0.5) is 0 Å². The van der Waals surface area contributed by atoms with Crippen molar-refractivity contribution < 1.29 is 4.74 Å². The van der Waals surface area contributed by atoms with Crippen LogP contribution < -0.4 is 4.74 Å². The number of ether oxygens (including phenoxy) is 1. The highest BCUT2D eigenvalue weighted by molar-refractivity contribution is 14.1. The zero-order valence-electron chi connectivity index (χ0n) is 8.59. The summed E-state index contributed by atoms with van der Waals surface area (Å²) in [5, 5.41) is 0. The van der Waals surface area contributed by atoms with Gasteiger partial charge in [-0.2, -0.15) is 0 Å². The van der Waals surface area contributed by atoms with E-state index in [1.165, 1.54) is 22.0 Å². The third-order valence-corrected chi connectivity index (χ3v) is 3.33. The molecule has 0 amide bonds. The molecule has 0 aromatic heterocycles. The van der Waals surface area contributed by atoms with Gasteiger partial charge in [-0.3, -0.25) is 0 Å². The van der Waals surface area contributed by atoms with Crippen molar-refractivity contribution in [1.82, 2.24) is 0 Å². The molecule has 2 heteroatoms. The number of benzene rings is 1. The standard InChI is InChI=1S/C12H15IO/c1-8(2)9-3-6-11(13)12(7-9)14-10-4-5-10/h3,6-8,10H,4-5H2,1-2H3. The normalized spacial score (nSPS) is 16.0. The van der Waals surface area contributed by atoms with Crippen LogP contribution in [-0.4, -0.2) is 6.10 Å². The predicted molar refractivity (Wildman–Crippen MR) is 66.9 cm³/mol. The quantitative estimate of drug-likeness (QED) is 0.768. The monoisotopic (exact) mass is 302 g/mol. The SMILES string of the molecule is CC(C)c1ccc(I)c(OC2CC2)c1. The molecule has 1 aliphatic rings. The maximum absolute atomic E-state index is 5.84. The predicted octanol–water partition coefficient (Wildman–Crippen LogP) is 3.96. The molecule has 0 heterocycles. The van der Waals surface area contributed by atoms with Crippen LogP contribution in [-0.2, 0) is 0 Å². The highest BCUT2D eigenvalue weighted by Gasteiger charge is 2.24. The van der Waals surface area contributed by atoms with E-state index in [1.807, 2.05) is 0 Å². The van der Waals surface area contributed by atoms with Crippen molar-refractivity contribution >= 4 is 22.6 Å². The van der Waals surface area contributed by atoms with Gasteiger partial charge in [0, 0.05) is 0 Å². The molecule has 1 aromatic rings. The van der Waals surface area contributed by atoms with Crippen molar-refractivity contribution in [2.75, 3.05) is 0 Å². The van der Waals surface area contributed by atoms with Crippen LogP contribution in [0.15, 0.2) is 18.2 Å². The first kappa shape index (κ1) is 10.3. The van der Waals surface area contributed by atoms with E-state index in [0.717, 1.165) is 5.75 Å². The van der Waals surface area contributed by atoms with Crippen molar-refractivity contribution in [3.8, 4) is 5.75 Å². The molecular formula is C12H15IO. The Kier molecular flexibility index (Phi) is 3.00. The molecule has 14 heavy (non-hydrogen) atoms. The largest absolute Gasteiger partial charge is 0.489 e. The van der Waals surface area contributed by atoms with E-state index in [4.69, 9.17) is 4.74 Å². The molecule has 0 saturated heterocycles. The zero-order valence-corrected chi connectivity index (χ0v) is 10.7. The maximum Gasteiger partial charge on any atom is 0.133 e. The number of halogens is 1. The molecule has 0 atom stereocenters. The smallest absolute Gasteiger partial charge is 0.133 e. The van der Waals surface area contributed by atoms with Crippen molar-refractivity contribution in [1.29, 1.82) is 0 Å². The fourth-order valence-corrected chi connectivity index (χ4v) is 1.80. The molecule has 76 valence electrons. The molecule has 0 radical (unpaired) electrons. The summed E-state index contributed by atoms with van der Waals surface area (Å²) in [5.41, 5.74) is 1.36. The molecular weight excluding hydrogens is 287 g/mol. The van der Waals surface area contributed by atoms with Crippen LogP contribution in [0.3, 0.4) is 0 Å². The third kappa shape index (κ3) is 2.41. The lowest BCUT2D eigenvalue weighted by atomic mass is 10.0. The lowest BCUT2D eigenvalue weighted by Gasteiger charge is -2.11. The summed E-state index contributed by atoms with van der Waals surface area (Å²) in [4.78, 5) is 0. The Balaban J connectivity index is 2.21. The summed E-state index contributed by atoms with van der Waals surface area (Å²) in [6.07, 6.45) is 2.94. The highest BCUT2D eigenvalue weighted by Crippen LogP contribution is 2.32. The Morgan fingerprint density at radius 1 is 1.36 bits per heavy atom. The van der Waals surface area contributed by atoms with E-state index in [0.29, 0.717) is 12.0 Å². The summed E-state index contributed by atoms with van der Waals surface area (Å²) >= 11 is 2.34. The van der Waals surface area contributed by atoms with E-state index in [2.05, 4.69) is 54.6 Å². The molecule has 1 nitrogen and oxygen atoms in total. The van der Waals surface area contributed by atoms with E-state index < -0.39 is 0 Å². The first-order valence-electron chi connectivity index (χ1n) is 5.13. The van der Waals surface area contributed by atoms with E-state index in [9.17, 15) is 0 Å². The first-order valence-corrected chi connectivity index (χ1v) is 6.21. The molecule has 0 unspecified atom stereocenters. The molecule has 1 aliphatic carbocycles. The fraction of sp³-hybridized carbons (Fsp3) is 0.500. The second-order valence-corrected chi connectivity index (χ2v) is 5.32. The minimum Gasteiger partial charge on any atom is -0.489 e. The van der Waals surface area contributed by atoms with Gasteiger partial charge in [-0.15, -0.1) is 0 Å². The highest BCUT2D eigenvalue weighted by atomic mass is 127. The van der Waals surface area contributed by atoms with Crippen LogP contribution in [0, 0.1) is 3.57 Å². The molecule has 2 rings (SSSR count). The average Bonchev–Trinajstić information content (AvgIpc) is 2.92. The number of hydrogen-bond acceptors (Lipinski definition) is 1. The fourth-order valence-electron chi connectivity index (χ4n) is 1.33. The number of rotatable bonds is 3. The van der Waals surface area contributed by atoms with Gasteiger partial charge in [0.1, 0.15) is 5.75 Å². The van der Waals surface area contributed by atoms with Crippen molar-refractivity contribution in [2.24, 2.45) is 0 Å². The molecule has 0 bridgehead atoms. The summed E-state index contributed by atoms with van der Waals surface area (Å²) in [6, 6.07) is 6.52. The Morgan fingerprint density at radius 2 is 2.07 bits per heavy atom. The second kappa shape index (κ2) is 4.09. The van der Waals surface area contributed by atoms with Gasteiger partial charge in [0.25, 0.3) is 0 Å². The Labute approximate surface area is 99.0 Å². The minimum atomic E-state index is 0.492. The molecule has 1 aromatic carbocycles. The van der Waals surface area contributed by atoms with Gasteiger partial charge < -0.3 is 4.74 Å². The Hall–Kier alpha value is -0.250. The van der Waals surface area contributed by atoms with Crippen molar-refractivity contribution in [2.45, 2.75) is 38.7 Å². The number of hydrogen-bond donors (Lipinski definition) is 0. The Bertz CT molecular complexity index is 329. The van der Waals surface area contributed by atoms with Crippen LogP contribution in [0.5, 0.6) is 5.75 Å². The molecule has 0 spiro atoms.